The van der Waals surface area contributed by atoms with E-state index >= 15 is 0 Å². The number of amides is 1. The molecule has 1 fully saturated rings. The highest BCUT2D eigenvalue weighted by Crippen LogP contribution is 2.34. The monoisotopic (exact) mass is 467 g/mol. The van der Waals surface area contributed by atoms with Crippen molar-refractivity contribution in [2.45, 2.75) is 53.0 Å². The minimum atomic E-state index is 0.0662. The largest absolute Gasteiger partial charge is 0.493 e. The number of hydrogen-bond donors (Lipinski definition) is 0. The number of hydrogen-bond acceptors (Lipinski definition) is 3. The molecule has 1 aliphatic rings. The molecule has 1 unspecified atom stereocenters. The first-order valence-electron chi connectivity index (χ1n) is 12.4. The van der Waals surface area contributed by atoms with Crippen LogP contribution >= 0.6 is 0 Å². The first-order chi connectivity index (χ1) is 16.9. The third-order valence-corrected chi connectivity index (χ3v) is 7.31. The number of carbonyl (C=O) groups excluding carboxylic acids is 1. The zero-order valence-electron chi connectivity index (χ0n) is 21.0. The van der Waals surface area contributed by atoms with E-state index in [1.807, 2.05) is 23.1 Å². The second-order valence-electron chi connectivity index (χ2n) is 9.68. The van der Waals surface area contributed by atoms with Gasteiger partial charge in [-0.2, -0.15) is 0 Å². The molecule has 1 amide bonds. The summed E-state index contributed by atoms with van der Waals surface area (Å²) in [5.41, 5.74) is 7.95. The molecule has 4 aromatic rings. The van der Waals surface area contributed by atoms with E-state index < -0.39 is 0 Å². The Balaban J connectivity index is 1.35. The van der Waals surface area contributed by atoms with Crippen LogP contribution in [0.3, 0.4) is 0 Å². The van der Waals surface area contributed by atoms with Gasteiger partial charge in [-0.3, -0.25) is 4.79 Å². The molecular formula is C30H33N3O2. The van der Waals surface area contributed by atoms with E-state index in [1.54, 1.807) is 0 Å². The zero-order valence-corrected chi connectivity index (χ0v) is 21.0. The second-order valence-corrected chi connectivity index (χ2v) is 9.68. The number of anilines is 1. The van der Waals surface area contributed by atoms with Crippen LogP contribution in [0.15, 0.2) is 60.7 Å². The number of aromatic nitrogens is 2. The van der Waals surface area contributed by atoms with Gasteiger partial charge in [-0.05, 0) is 86.7 Å². The first kappa shape index (κ1) is 23.2. The topological polar surface area (TPSA) is 47.4 Å². The minimum Gasteiger partial charge on any atom is -0.493 e. The third kappa shape index (κ3) is 4.55. The van der Waals surface area contributed by atoms with Crippen molar-refractivity contribution in [2.75, 3.05) is 18.1 Å². The van der Waals surface area contributed by atoms with E-state index in [0.29, 0.717) is 19.6 Å². The highest BCUT2D eigenvalue weighted by molar-refractivity contribution is 5.96. The Hall–Kier alpha value is -3.60. The number of para-hydroxylation sites is 2. The number of fused-ring (bicyclic) bond motifs is 1. The molecule has 0 radical (unpaired) electrons. The van der Waals surface area contributed by atoms with E-state index in [9.17, 15) is 4.79 Å². The van der Waals surface area contributed by atoms with E-state index in [4.69, 9.17) is 9.72 Å². The van der Waals surface area contributed by atoms with Gasteiger partial charge < -0.3 is 14.2 Å². The van der Waals surface area contributed by atoms with Crippen molar-refractivity contribution >= 4 is 22.6 Å². The fourth-order valence-electron chi connectivity index (χ4n) is 4.95. The van der Waals surface area contributed by atoms with Gasteiger partial charge in [0.1, 0.15) is 11.6 Å². The van der Waals surface area contributed by atoms with Crippen LogP contribution < -0.4 is 9.64 Å². The van der Waals surface area contributed by atoms with Gasteiger partial charge in [-0.25, -0.2) is 4.98 Å². The number of carbonyl (C=O) groups is 1. The summed E-state index contributed by atoms with van der Waals surface area (Å²) in [7, 11) is 0. The molecule has 1 aliphatic heterocycles. The normalized spacial score (nSPS) is 15.8. The Bertz CT molecular complexity index is 1390. The van der Waals surface area contributed by atoms with Crippen molar-refractivity contribution < 1.29 is 9.53 Å². The van der Waals surface area contributed by atoms with Crippen LogP contribution in [0, 0.1) is 27.7 Å². The van der Waals surface area contributed by atoms with Crippen molar-refractivity contribution in [3.8, 4) is 5.75 Å². The quantitative estimate of drug-likeness (QED) is 0.301. The Morgan fingerprint density at radius 1 is 0.943 bits per heavy atom. The summed E-state index contributed by atoms with van der Waals surface area (Å²) in [5, 5.41) is 0. The van der Waals surface area contributed by atoms with Crippen LogP contribution in [0.2, 0.25) is 0 Å². The fraction of sp³-hybridized carbons (Fsp3) is 0.333. The van der Waals surface area contributed by atoms with Gasteiger partial charge in [0, 0.05) is 31.1 Å². The first-order valence-corrected chi connectivity index (χ1v) is 12.4. The van der Waals surface area contributed by atoms with E-state index in [1.165, 1.54) is 22.3 Å². The zero-order chi connectivity index (χ0) is 24.5. The maximum atomic E-state index is 13.0. The molecule has 0 spiro atoms. The van der Waals surface area contributed by atoms with Crippen LogP contribution in [-0.4, -0.2) is 28.6 Å². The van der Waals surface area contributed by atoms with E-state index in [0.717, 1.165) is 41.3 Å². The molecule has 0 N–H and O–H groups in total. The fourth-order valence-corrected chi connectivity index (χ4v) is 4.95. The number of rotatable bonds is 7. The third-order valence-electron chi connectivity index (χ3n) is 7.31. The Morgan fingerprint density at radius 3 is 2.60 bits per heavy atom. The molecule has 5 nitrogen and oxygen atoms in total. The summed E-state index contributed by atoms with van der Waals surface area (Å²) >= 11 is 0. The van der Waals surface area contributed by atoms with Gasteiger partial charge >= 0.3 is 0 Å². The average molecular weight is 468 g/mol. The van der Waals surface area contributed by atoms with Crippen LogP contribution in [0.1, 0.15) is 46.8 Å². The Morgan fingerprint density at radius 2 is 1.77 bits per heavy atom. The second kappa shape index (κ2) is 9.57. The summed E-state index contributed by atoms with van der Waals surface area (Å²) in [6, 6.07) is 20.7. The molecule has 5 rings (SSSR count). The highest BCUT2D eigenvalue weighted by atomic mass is 16.5. The number of nitrogens with zero attached hydrogens (tertiary/aromatic N) is 3. The molecule has 1 aromatic heterocycles. The maximum absolute atomic E-state index is 13.0. The predicted molar refractivity (Wildman–Crippen MR) is 141 cm³/mol. The van der Waals surface area contributed by atoms with Crippen LogP contribution in [0.4, 0.5) is 5.69 Å². The van der Waals surface area contributed by atoms with Gasteiger partial charge in [-0.1, -0.05) is 30.3 Å². The summed E-state index contributed by atoms with van der Waals surface area (Å²) in [4.78, 5) is 19.9. The highest BCUT2D eigenvalue weighted by Gasteiger charge is 2.34. The van der Waals surface area contributed by atoms with Crippen molar-refractivity contribution in [2.24, 2.45) is 0 Å². The molecule has 35 heavy (non-hydrogen) atoms. The molecule has 1 atom stereocenters. The lowest BCUT2D eigenvalue weighted by Gasteiger charge is -2.18. The SMILES string of the molecule is Cc1ccc(N2CC(c3nc4ccccc4n3CCCOc3cccc(C)c3C)CC2=O)cc1C. The molecule has 3 aromatic carbocycles. The molecule has 0 aliphatic carbocycles. The maximum Gasteiger partial charge on any atom is 0.227 e. The van der Waals surface area contributed by atoms with Gasteiger partial charge in [0.2, 0.25) is 5.91 Å². The number of aryl methyl sites for hydroxylation is 4. The molecule has 180 valence electrons. The average Bonchev–Trinajstić information content (AvgIpc) is 3.41. The van der Waals surface area contributed by atoms with Gasteiger partial charge in [-0.15, -0.1) is 0 Å². The Labute approximate surface area is 207 Å². The van der Waals surface area contributed by atoms with Gasteiger partial charge in [0.15, 0.2) is 0 Å². The van der Waals surface area contributed by atoms with E-state index in [-0.39, 0.29) is 11.8 Å². The van der Waals surface area contributed by atoms with Gasteiger partial charge in [0.25, 0.3) is 0 Å². The Kier molecular flexibility index (Phi) is 6.33. The molecule has 0 saturated carbocycles. The standard InChI is InChI=1S/C30H33N3O2/c1-20-13-14-25(17-22(20)3)33-19-24(18-29(33)34)30-31-26-10-5-6-11-27(26)32(30)15-8-16-35-28-12-7-9-21(2)23(28)4/h5-7,9-14,17,24H,8,15-16,18-19H2,1-4H3. The smallest absolute Gasteiger partial charge is 0.227 e. The number of imidazole rings is 1. The summed E-state index contributed by atoms with van der Waals surface area (Å²) in [6.45, 7) is 10.5. The lowest BCUT2D eigenvalue weighted by molar-refractivity contribution is -0.117. The van der Waals surface area contributed by atoms with Crippen molar-refractivity contribution in [1.82, 2.24) is 9.55 Å². The number of benzene rings is 3. The van der Waals surface area contributed by atoms with Crippen LogP contribution in [0.25, 0.3) is 11.0 Å². The molecule has 5 heteroatoms. The van der Waals surface area contributed by atoms with Crippen molar-refractivity contribution in [1.29, 1.82) is 0 Å². The molecule has 0 bridgehead atoms. The molecule has 2 heterocycles. The van der Waals surface area contributed by atoms with Crippen LogP contribution in [-0.2, 0) is 11.3 Å². The van der Waals surface area contributed by atoms with Crippen molar-refractivity contribution in [3.05, 3.63) is 88.7 Å². The summed E-state index contributed by atoms with van der Waals surface area (Å²) in [5.74, 6) is 2.18. The minimum absolute atomic E-state index is 0.0662. The summed E-state index contributed by atoms with van der Waals surface area (Å²) < 4.78 is 8.41. The van der Waals surface area contributed by atoms with E-state index in [2.05, 4.69) is 74.7 Å². The van der Waals surface area contributed by atoms with Crippen LogP contribution in [0.5, 0.6) is 5.75 Å². The number of ether oxygens (including phenoxy) is 1. The summed E-state index contributed by atoms with van der Waals surface area (Å²) in [6.07, 6.45) is 1.34. The predicted octanol–water partition coefficient (Wildman–Crippen LogP) is 6.26. The van der Waals surface area contributed by atoms with Crippen molar-refractivity contribution in [3.63, 3.8) is 0 Å². The van der Waals surface area contributed by atoms with Gasteiger partial charge in [0.05, 0.1) is 17.6 Å². The molecule has 1 saturated heterocycles. The molecular weight excluding hydrogens is 434 g/mol. The lowest BCUT2D eigenvalue weighted by atomic mass is 10.1. The lowest BCUT2D eigenvalue weighted by Crippen LogP contribution is -2.24.